The number of nitrogens with zero attached hydrogens (tertiary/aromatic N) is 2. The summed E-state index contributed by atoms with van der Waals surface area (Å²) >= 11 is 0. The van der Waals surface area contributed by atoms with Crippen molar-refractivity contribution in [2.24, 2.45) is 5.10 Å². The predicted molar refractivity (Wildman–Crippen MR) is 83.3 cm³/mol. The van der Waals surface area contributed by atoms with Gasteiger partial charge in [0.15, 0.2) is 5.69 Å². The minimum absolute atomic E-state index is 0.271. The van der Waals surface area contributed by atoms with E-state index >= 15 is 0 Å². The van der Waals surface area contributed by atoms with Crippen LogP contribution in [0, 0.1) is 0 Å². The smallest absolute Gasteiger partial charge is 0.292 e. The Morgan fingerprint density at radius 2 is 2.09 bits per heavy atom. The molecule has 6 nitrogen and oxygen atoms in total. The molecular weight excluding hydrogens is 280 g/mol. The fourth-order valence-corrected chi connectivity index (χ4v) is 2.59. The maximum absolute atomic E-state index is 12.2. The number of rotatable bonds is 4. The number of carbonyl (C=O) groups excluding carboxylic acids is 1. The van der Waals surface area contributed by atoms with E-state index in [1.165, 1.54) is 0 Å². The number of H-pyrrole nitrogens is 1. The normalized spacial score (nSPS) is 13.8. The predicted octanol–water partition coefficient (Wildman–Crippen LogP) is 2.06. The third-order valence-electron chi connectivity index (χ3n) is 3.85. The number of aromatic nitrogens is 2. The summed E-state index contributed by atoms with van der Waals surface area (Å²) in [6, 6.07) is 7.51. The minimum Gasteiger partial charge on any atom is -0.497 e. The SMILES string of the molecule is COc1ccc(/C(C)=N/NC(=O)c2n[nH]c3c2CCC3)cc1. The Kier molecular flexibility index (Phi) is 3.91. The van der Waals surface area contributed by atoms with Crippen LogP contribution in [0.2, 0.25) is 0 Å². The molecule has 1 heterocycles. The highest BCUT2D eigenvalue weighted by atomic mass is 16.5. The van der Waals surface area contributed by atoms with E-state index < -0.39 is 0 Å². The lowest BCUT2D eigenvalue weighted by molar-refractivity contribution is 0.0949. The summed E-state index contributed by atoms with van der Waals surface area (Å²) in [6.45, 7) is 1.84. The number of hydrogen-bond acceptors (Lipinski definition) is 4. The van der Waals surface area contributed by atoms with Crippen LogP contribution in [0.25, 0.3) is 0 Å². The first-order chi connectivity index (χ1) is 10.7. The highest BCUT2D eigenvalue weighted by Gasteiger charge is 2.22. The number of hydrazone groups is 1. The third-order valence-corrected chi connectivity index (χ3v) is 3.85. The molecule has 1 aromatic heterocycles. The highest BCUT2D eigenvalue weighted by molar-refractivity contribution is 6.00. The number of fused-ring (bicyclic) bond motifs is 1. The third kappa shape index (κ3) is 2.72. The topological polar surface area (TPSA) is 79.4 Å². The second-order valence-corrected chi connectivity index (χ2v) is 5.25. The fraction of sp³-hybridized carbons (Fsp3) is 0.312. The molecule has 22 heavy (non-hydrogen) atoms. The molecule has 0 saturated heterocycles. The van der Waals surface area contributed by atoms with Crippen LogP contribution in [0.5, 0.6) is 5.75 Å². The van der Waals surface area contributed by atoms with Crippen molar-refractivity contribution in [1.29, 1.82) is 0 Å². The zero-order valence-electron chi connectivity index (χ0n) is 12.6. The number of methoxy groups -OCH3 is 1. The first-order valence-electron chi connectivity index (χ1n) is 7.24. The van der Waals surface area contributed by atoms with Crippen LogP contribution in [0.3, 0.4) is 0 Å². The van der Waals surface area contributed by atoms with E-state index in [-0.39, 0.29) is 5.91 Å². The standard InChI is InChI=1S/C16H18N4O2/c1-10(11-6-8-12(22-2)9-7-11)17-20-16(21)15-13-4-3-5-14(13)18-19-15/h6-9H,3-5H2,1-2H3,(H,18,19)(H,20,21)/b17-10+. The lowest BCUT2D eigenvalue weighted by atomic mass is 10.1. The van der Waals surface area contributed by atoms with Gasteiger partial charge in [0.1, 0.15) is 5.75 Å². The summed E-state index contributed by atoms with van der Waals surface area (Å²) in [4.78, 5) is 12.2. The van der Waals surface area contributed by atoms with Crippen LogP contribution >= 0.6 is 0 Å². The molecule has 3 rings (SSSR count). The molecule has 1 aliphatic rings. The molecule has 1 aliphatic carbocycles. The van der Waals surface area contributed by atoms with Crippen molar-refractivity contribution in [3.8, 4) is 5.75 Å². The Hall–Kier alpha value is -2.63. The van der Waals surface area contributed by atoms with Crippen LogP contribution in [0.15, 0.2) is 29.4 Å². The largest absolute Gasteiger partial charge is 0.497 e. The summed E-state index contributed by atoms with van der Waals surface area (Å²) in [5, 5.41) is 11.2. The summed E-state index contributed by atoms with van der Waals surface area (Å²) in [7, 11) is 1.62. The number of ether oxygens (including phenoxy) is 1. The molecule has 114 valence electrons. The van der Waals surface area contributed by atoms with Gasteiger partial charge in [-0.25, -0.2) is 5.43 Å². The molecule has 1 amide bonds. The van der Waals surface area contributed by atoms with Crippen LogP contribution in [-0.4, -0.2) is 28.9 Å². The Bertz CT molecular complexity index is 716. The van der Waals surface area contributed by atoms with E-state index in [9.17, 15) is 4.79 Å². The first-order valence-corrected chi connectivity index (χ1v) is 7.24. The average molecular weight is 298 g/mol. The lowest BCUT2D eigenvalue weighted by Crippen LogP contribution is -2.21. The summed E-state index contributed by atoms with van der Waals surface area (Å²) < 4.78 is 5.12. The van der Waals surface area contributed by atoms with E-state index in [0.29, 0.717) is 5.69 Å². The minimum atomic E-state index is -0.271. The second-order valence-electron chi connectivity index (χ2n) is 5.25. The van der Waals surface area contributed by atoms with Crippen molar-refractivity contribution in [3.63, 3.8) is 0 Å². The van der Waals surface area contributed by atoms with Crippen molar-refractivity contribution in [2.45, 2.75) is 26.2 Å². The van der Waals surface area contributed by atoms with Gasteiger partial charge >= 0.3 is 0 Å². The monoisotopic (exact) mass is 298 g/mol. The van der Waals surface area contributed by atoms with Crippen molar-refractivity contribution >= 4 is 11.6 Å². The number of carbonyl (C=O) groups is 1. The molecule has 0 unspecified atom stereocenters. The number of aryl methyl sites for hydroxylation is 1. The molecule has 0 fully saturated rings. The van der Waals surface area contributed by atoms with E-state index in [0.717, 1.165) is 47.5 Å². The van der Waals surface area contributed by atoms with Gasteiger partial charge < -0.3 is 4.74 Å². The molecule has 0 aliphatic heterocycles. The molecule has 2 N–H and O–H groups in total. The Balaban J connectivity index is 1.70. The lowest BCUT2D eigenvalue weighted by Gasteiger charge is -2.04. The molecule has 0 bridgehead atoms. The van der Waals surface area contributed by atoms with Gasteiger partial charge in [0.05, 0.1) is 12.8 Å². The van der Waals surface area contributed by atoms with Gasteiger partial charge in [0.2, 0.25) is 0 Å². The summed E-state index contributed by atoms with van der Waals surface area (Å²) in [6.07, 6.45) is 2.93. The van der Waals surface area contributed by atoms with Gasteiger partial charge in [-0.1, -0.05) is 0 Å². The summed E-state index contributed by atoms with van der Waals surface area (Å²) in [5.41, 5.74) is 6.78. The van der Waals surface area contributed by atoms with Crippen LogP contribution in [0.4, 0.5) is 0 Å². The van der Waals surface area contributed by atoms with Gasteiger partial charge in [0, 0.05) is 11.3 Å². The molecule has 6 heteroatoms. The first kappa shape index (κ1) is 14.3. The number of aromatic amines is 1. The number of amides is 1. The fourth-order valence-electron chi connectivity index (χ4n) is 2.59. The highest BCUT2D eigenvalue weighted by Crippen LogP contribution is 2.22. The zero-order valence-corrected chi connectivity index (χ0v) is 12.6. The van der Waals surface area contributed by atoms with E-state index in [1.54, 1.807) is 7.11 Å². The Morgan fingerprint density at radius 1 is 1.32 bits per heavy atom. The van der Waals surface area contributed by atoms with Gasteiger partial charge in [-0.3, -0.25) is 9.89 Å². The molecular formula is C16H18N4O2. The molecule has 1 aromatic carbocycles. The number of benzene rings is 1. The van der Waals surface area contributed by atoms with Crippen molar-refractivity contribution in [2.75, 3.05) is 7.11 Å². The van der Waals surface area contributed by atoms with Gasteiger partial charge in [-0.2, -0.15) is 10.2 Å². The molecule has 2 aromatic rings. The maximum atomic E-state index is 12.2. The van der Waals surface area contributed by atoms with E-state index in [4.69, 9.17) is 4.74 Å². The quantitative estimate of drug-likeness (QED) is 0.670. The molecule has 0 spiro atoms. The Morgan fingerprint density at radius 3 is 2.82 bits per heavy atom. The van der Waals surface area contributed by atoms with Gasteiger partial charge in [-0.15, -0.1) is 0 Å². The average Bonchev–Trinajstić information content (AvgIpc) is 3.15. The van der Waals surface area contributed by atoms with Crippen LogP contribution in [-0.2, 0) is 12.8 Å². The van der Waals surface area contributed by atoms with Crippen LogP contribution < -0.4 is 10.2 Å². The molecule has 0 radical (unpaired) electrons. The zero-order chi connectivity index (χ0) is 15.5. The number of nitrogens with one attached hydrogen (secondary N) is 2. The second kappa shape index (κ2) is 6.01. The van der Waals surface area contributed by atoms with E-state index in [2.05, 4.69) is 20.7 Å². The van der Waals surface area contributed by atoms with Gasteiger partial charge in [-0.05, 0) is 56.0 Å². The van der Waals surface area contributed by atoms with Crippen molar-refractivity contribution < 1.29 is 9.53 Å². The van der Waals surface area contributed by atoms with Gasteiger partial charge in [0.25, 0.3) is 5.91 Å². The molecule has 0 atom stereocenters. The van der Waals surface area contributed by atoms with E-state index in [1.807, 2.05) is 31.2 Å². The molecule has 0 saturated carbocycles. The summed E-state index contributed by atoms with van der Waals surface area (Å²) in [5.74, 6) is 0.514. The van der Waals surface area contributed by atoms with Crippen molar-refractivity contribution in [3.05, 3.63) is 46.8 Å². The Labute approximate surface area is 128 Å². The van der Waals surface area contributed by atoms with Crippen LogP contribution in [0.1, 0.15) is 40.7 Å². The maximum Gasteiger partial charge on any atom is 0.292 e. The number of hydrogen-bond donors (Lipinski definition) is 2. The van der Waals surface area contributed by atoms with Crippen molar-refractivity contribution in [1.82, 2.24) is 15.6 Å².